The highest BCUT2D eigenvalue weighted by Crippen LogP contribution is 2.39. The number of aromatic nitrogens is 3. The van der Waals surface area contributed by atoms with Gasteiger partial charge < -0.3 is 8.83 Å². The topological polar surface area (TPSA) is 65.0 Å². The van der Waals surface area contributed by atoms with Crippen LogP contribution in [0.5, 0.6) is 0 Å². The first-order valence-electron chi connectivity index (χ1n) is 20.1. The Kier molecular flexibility index (Phi) is 7.78. The van der Waals surface area contributed by atoms with E-state index in [1.807, 2.05) is 60.7 Å². The van der Waals surface area contributed by atoms with E-state index < -0.39 is 0 Å². The van der Waals surface area contributed by atoms with Crippen LogP contribution in [0.15, 0.2) is 209 Å². The van der Waals surface area contributed by atoms with Gasteiger partial charge in [-0.05, 0) is 98.8 Å². The summed E-state index contributed by atoms with van der Waals surface area (Å²) in [6.45, 7) is 0. The minimum atomic E-state index is 0.583. The van der Waals surface area contributed by atoms with Gasteiger partial charge in [0.2, 0.25) is 0 Å². The molecule has 5 nitrogen and oxygen atoms in total. The molecule has 9 aromatic carbocycles. The van der Waals surface area contributed by atoms with Crippen LogP contribution in [0.3, 0.4) is 0 Å². The molecule has 280 valence electrons. The third kappa shape index (κ3) is 5.83. The number of hydrogen-bond donors (Lipinski definition) is 0. The predicted molar refractivity (Wildman–Crippen MR) is 245 cm³/mol. The molecule has 0 unspecified atom stereocenters. The van der Waals surface area contributed by atoms with Crippen molar-refractivity contribution in [3.8, 4) is 67.5 Å². The number of para-hydroxylation sites is 2. The van der Waals surface area contributed by atoms with E-state index in [4.69, 9.17) is 23.8 Å². The summed E-state index contributed by atoms with van der Waals surface area (Å²) < 4.78 is 12.6. The maximum absolute atomic E-state index is 6.37. The number of fused-ring (bicyclic) bond motifs is 7. The highest BCUT2D eigenvalue weighted by atomic mass is 16.3. The van der Waals surface area contributed by atoms with Gasteiger partial charge >= 0.3 is 0 Å². The van der Waals surface area contributed by atoms with E-state index in [1.54, 1.807) is 0 Å². The van der Waals surface area contributed by atoms with Gasteiger partial charge in [0.25, 0.3) is 0 Å². The van der Waals surface area contributed by atoms with Crippen molar-refractivity contribution >= 4 is 54.6 Å². The Morgan fingerprint density at radius 1 is 0.250 bits per heavy atom. The monoisotopic (exact) mass is 767 g/mol. The zero-order valence-electron chi connectivity index (χ0n) is 32.2. The first-order chi connectivity index (χ1) is 29.7. The van der Waals surface area contributed by atoms with Gasteiger partial charge in [-0.3, -0.25) is 0 Å². The van der Waals surface area contributed by atoms with Gasteiger partial charge in [0.05, 0.1) is 0 Å². The average molecular weight is 768 g/mol. The molecule has 3 heterocycles. The van der Waals surface area contributed by atoms with Crippen molar-refractivity contribution in [2.24, 2.45) is 0 Å². The van der Waals surface area contributed by atoms with E-state index in [9.17, 15) is 0 Å². The molecule has 0 aliphatic rings. The maximum atomic E-state index is 6.37. The van der Waals surface area contributed by atoms with Crippen LogP contribution in [0, 0.1) is 0 Å². The first-order valence-corrected chi connectivity index (χ1v) is 20.1. The van der Waals surface area contributed by atoms with Crippen molar-refractivity contribution in [3.05, 3.63) is 200 Å². The minimum Gasteiger partial charge on any atom is -0.456 e. The number of hydrogen-bond acceptors (Lipinski definition) is 5. The van der Waals surface area contributed by atoms with Crippen LogP contribution in [0.25, 0.3) is 122 Å². The predicted octanol–water partition coefficient (Wildman–Crippen LogP) is 14.8. The Morgan fingerprint density at radius 2 is 0.733 bits per heavy atom. The second kappa shape index (κ2) is 13.8. The number of benzene rings is 9. The zero-order chi connectivity index (χ0) is 39.6. The first kappa shape index (κ1) is 33.9. The van der Waals surface area contributed by atoms with E-state index in [0.29, 0.717) is 17.5 Å². The van der Waals surface area contributed by atoms with E-state index in [0.717, 1.165) is 88.4 Å². The second-order valence-corrected chi connectivity index (χ2v) is 15.2. The minimum absolute atomic E-state index is 0.583. The molecule has 0 aliphatic carbocycles. The Labute approximate surface area is 344 Å². The molecule has 3 aromatic heterocycles. The summed E-state index contributed by atoms with van der Waals surface area (Å²) in [6.07, 6.45) is 0. The molecule has 5 heteroatoms. The third-order valence-electron chi connectivity index (χ3n) is 11.5. The van der Waals surface area contributed by atoms with Gasteiger partial charge in [0.1, 0.15) is 22.3 Å². The van der Waals surface area contributed by atoms with Crippen molar-refractivity contribution in [2.45, 2.75) is 0 Å². The van der Waals surface area contributed by atoms with Crippen LogP contribution in [-0.4, -0.2) is 15.0 Å². The Morgan fingerprint density at radius 3 is 1.48 bits per heavy atom. The van der Waals surface area contributed by atoms with Crippen LogP contribution in [-0.2, 0) is 0 Å². The average Bonchev–Trinajstić information content (AvgIpc) is 3.89. The second-order valence-electron chi connectivity index (χ2n) is 15.2. The molecule has 0 spiro atoms. The number of nitrogens with zero attached hydrogens (tertiary/aromatic N) is 3. The largest absolute Gasteiger partial charge is 0.456 e. The Hall–Kier alpha value is -8.15. The van der Waals surface area contributed by atoms with Gasteiger partial charge in [-0.15, -0.1) is 0 Å². The van der Waals surface area contributed by atoms with Crippen molar-refractivity contribution < 1.29 is 8.83 Å². The molecule has 60 heavy (non-hydrogen) atoms. The summed E-state index contributed by atoms with van der Waals surface area (Å²) in [5.74, 6) is 1.79. The van der Waals surface area contributed by atoms with Crippen LogP contribution in [0.4, 0.5) is 0 Å². The van der Waals surface area contributed by atoms with E-state index in [-0.39, 0.29) is 0 Å². The standard InChI is InChI=1S/C55H33N3O2/c1-2-12-36(13-3-1)53-56-54(37-23-21-35(22-24-37)44-18-10-14-34-11-4-5-15-43(34)44)58-55(57-53)42-30-40(38-26-28-51-48(32-38)46-17-7-9-20-50(46)59-51)29-41(31-42)39-25-27-47-45-16-6-8-19-49(45)60-52(47)33-39/h1-33H. The van der Waals surface area contributed by atoms with Gasteiger partial charge in [0.15, 0.2) is 17.5 Å². The summed E-state index contributed by atoms with van der Waals surface area (Å²) >= 11 is 0. The molecule has 0 amide bonds. The number of rotatable bonds is 6. The van der Waals surface area contributed by atoms with Crippen molar-refractivity contribution in [2.75, 3.05) is 0 Å². The van der Waals surface area contributed by atoms with Gasteiger partial charge in [-0.1, -0.05) is 146 Å². The van der Waals surface area contributed by atoms with Crippen LogP contribution in [0.1, 0.15) is 0 Å². The number of furan rings is 2. The maximum Gasteiger partial charge on any atom is 0.164 e. The van der Waals surface area contributed by atoms with Crippen LogP contribution in [0.2, 0.25) is 0 Å². The van der Waals surface area contributed by atoms with Gasteiger partial charge in [0, 0.05) is 38.2 Å². The summed E-state index contributed by atoms with van der Waals surface area (Å²) in [7, 11) is 0. The molecule has 0 bridgehead atoms. The fourth-order valence-corrected chi connectivity index (χ4v) is 8.53. The van der Waals surface area contributed by atoms with Gasteiger partial charge in [-0.25, -0.2) is 15.0 Å². The lowest BCUT2D eigenvalue weighted by Crippen LogP contribution is -2.00. The highest BCUT2D eigenvalue weighted by molar-refractivity contribution is 6.07. The van der Waals surface area contributed by atoms with E-state index in [2.05, 4.69) is 140 Å². The van der Waals surface area contributed by atoms with Crippen LogP contribution >= 0.6 is 0 Å². The molecule has 0 saturated carbocycles. The summed E-state index contributed by atoms with van der Waals surface area (Å²) in [6, 6.07) is 69.4. The molecule has 12 rings (SSSR count). The van der Waals surface area contributed by atoms with Crippen LogP contribution < -0.4 is 0 Å². The van der Waals surface area contributed by atoms with Crippen molar-refractivity contribution in [3.63, 3.8) is 0 Å². The normalized spacial score (nSPS) is 11.7. The zero-order valence-corrected chi connectivity index (χ0v) is 32.2. The van der Waals surface area contributed by atoms with E-state index in [1.165, 1.54) is 16.3 Å². The molecule has 0 aliphatic heterocycles. The molecule has 0 saturated heterocycles. The summed E-state index contributed by atoms with van der Waals surface area (Å²) in [5.41, 5.74) is 12.6. The summed E-state index contributed by atoms with van der Waals surface area (Å²) in [5, 5.41) is 6.78. The molecular formula is C55H33N3O2. The quantitative estimate of drug-likeness (QED) is 0.169. The third-order valence-corrected chi connectivity index (χ3v) is 11.5. The Balaban J connectivity index is 1.04. The van der Waals surface area contributed by atoms with Gasteiger partial charge in [-0.2, -0.15) is 0 Å². The van der Waals surface area contributed by atoms with E-state index >= 15 is 0 Å². The lowest BCUT2D eigenvalue weighted by Gasteiger charge is -2.13. The fraction of sp³-hybridized carbons (Fsp3) is 0. The smallest absolute Gasteiger partial charge is 0.164 e. The molecule has 0 radical (unpaired) electrons. The SMILES string of the molecule is c1ccc(-c2nc(-c3ccc(-c4cccc5ccccc45)cc3)nc(-c3cc(-c4ccc5c(c4)oc4ccccc45)cc(-c4ccc5oc6ccccc6c5c4)c3)n2)cc1. The lowest BCUT2D eigenvalue weighted by atomic mass is 9.94. The Bertz CT molecular complexity index is 3600. The molecule has 0 fully saturated rings. The highest BCUT2D eigenvalue weighted by Gasteiger charge is 2.17. The fourth-order valence-electron chi connectivity index (χ4n) is 8.53. The van der Waals surface area contributed by atoms with Crippen molar-refractivity contribution in [1.29, 1.82) is 0 Å². The lowest BCUT2D eigenvalue weighted by molar-refractivity contribution is 0.668. The summed E-state index contributed by atoms with van der Waals surface area (Å²) in [4.78, 5) is 15.5. The molecule has 0 atom stereocenters. The molecule has 0 N–H and O–H groups in total. The molecular weight excluding hydrogens is 735 g/mol. The van der Waals surface area contributed by atoms with Crippen molar-refractivity contribution in [1.82, 2.24) is 15.0 Å². The molecule has 12 aromatic rings.